The lowest BCUT2D eigenvalue weighted by Crippen LogP contribution is -2.57. The van der Waals surface area contributed by atoms with Crippen molar-refractivity contribution in [2.24, 2.45) is 0 Å². The fourth-order valence-corrected chi connectivity index (χ4v) is 5.65. The summed E-state index contributed by atoms with van der Waals surface area (Å²) in [5.41, 5.74) is 5.13. The van der Waals surface area contributed by atoms with E-state index >= 15 is 0 Å². The summed E-state index contributed by atoms with van der Waals surface area (Å²) in [5.74, 6) is -0.0639. The fraction of sp³-hybridized carbons (Fsp3) is 0.219. The van der Waals surface area contributed by atoms with E-state index < -0.39 is 12.1 Å². The largest absolute Gasteiger partial charge is 0.371 e. The Bertz CT molecular complexity index is 1840. The lowest BCUT2D eigenvalue weighted by molar-refractivity contribution is -0.314. The summed E-state index contributed by atoms with van der Waals surface area (Å²) in [7, 11) is 0. The van der Waals surface area contributed by atoms with Crippen LogP contribution < -0.4 is 10.5 Å². The van der Waals surface area contributed by atoms with Gasteiger partial charge in [0.1, 0.15) is 11.9 Å². The van der Waals surface area contributed by atoms with Gasteiger partial charge >= 0.3 is 6.10 Å². The van der Waals surface area contributed by atoms with Crippen LogP contribution in [-0.4, -0.2) is 65.4 Å². The molecule has 0 aliphatic carbocycles. The van der Waals surface area contributed by atoms with E-state index in [4.69, 9.17) is 10.2 Å². The van der Waals surface area contributed by atoms with Crippen LogP contribution in [0.3, 0.4) is 0 Å². The first-order valence-corrected chi connectivity index (χ1v) is 13.9. The number of H-pyrrole nitrogens is 1. The number of nitrogens with zero attached hydrogens (tertiary/aromatic N) is 6. The second-order valence-corrected chi connectivity index (χ2v) is 10.5. The van der Waals surface area contributed by atoms with E-state index in [0.29, 0.717) is 43.4 Å². The molecule has 1 aliphatic rings. The van der Waals surface area contributed by atoms with Gasteiger partial charge in [0.05, 0.1) is 16.6 Å². The third-order valence-electron chi connectivity index (χ3n) is 7.70. The molecule has 6 rings (SSSR count). The van der Waals surface area contributed by atoms with Gasteiger partial charge in [0, 0.05) is 49.2 Å². The number of hydrogen-bond acceptors (Lipinski definition) is 10. The van der Waals surface area contributed by atoms with Crippen LogP contribution in [0, 0.1) is 11.3 Å². The summed E-state index contributed by atoms with van der Waals surface area (Å²) in [4.78, 5) is 31.2. The number of rotatable bonds is 7. The molecule has 3 aromatic heterocycles. The fourth-order valence-electron chi connectivity index (χ4n) is 5.65. The minimum absolute atomic E-state index is 0.0647. The number of nitrogens with one attached hydrogen (secondary N) is 1. The molecule has 0 spiro atoms. The molecule has 0 bridgehead atoms. The Kier molecular flexibility index (Phi) is 7.67. The molecule has 5 aromatic rings. The van der Waals surface area contributed by atoms with E-state index in [1.165, 1.54) is 12.3 Å². The number of aromatic amines is 1. The summed E-state index contributed by atoms with van der Waals surface area (Å²) in [6, 6.07) is 24.6. The zero-order valence-electron chi connectivity index (χ0n) is 23.1. The molecule has 0 amide bonds. The maximum atomic E-state index is 12.5. The van der Waals surface area contributed by atoms with Crippen LogP contribution in [0.25, 0.3) is 33.3 Å². The van der Waals surface area contributed by atoms with Gasteiger partial charge in [-0.2, -0.15) is 5.26 Å². The highest BCUT2D eigenvalue weighted by atomic mass is 16.7. The number of hydrogen-bond donors (Lipinski definition) is 4. The van der Waals surface area contributed by atoms with Crippen molar-refractivity contribution in [3.05, 3.63) is 107 Å². The van der Waals surface area contributed by atoms with Gasteiger partial charge in [0.25, 0.3) is 5.56 Å². The highest BCUT2D eigenvalue weighted by molar-refractivity contribution is 5.91. The van der Waals surface area contributed by atoms with E-state index in [1.54, 1.807) is 12.3 Å². The molecule has 2 aromatic carbocycles. The van der Waals surface area contributed by atoms with Gasteiger partial charge in [-0.05, 0) is 42.2 Å². The Morgan fingerprint density at radius 1 is 0.977 bits per heavy atom. The quantitative estimate of drug-likeness (QED) is 0.212. The van der Waals surface area contributed by atoms with Crippen LogP contribution in [0.1, 0.15) is 24.2 Å². The first-order chi connectivity index (χ1) is 20.8. The van der Waals surface area contributed by atoms with Crippen LogP contribution >= 0.6 is 0 Å². The Hall–Kier alpha value is -4.99. The first-order valence-electron chi connectivity index (χ1n) is 13.9. The maximum Gasteiger partial charge on any atom is 0.371 e. The first kappa shape index (κ1) is 28.1. The topological polar surface area (TPSA) is 162 Å². The van der Waals surface area contributed by atoms with Crippen molar-refractivity contribution in [2.45, 2.75) is 31.5 Å². The van der Waals surface area contributed by atoms with Crippen LogP contribution in [-0.2, 0) is 6.54 Å². The zero-order chi connectivity index (χ0) is 30.0. The molecule has 43 heavy (non-hydrogen) atoms. The molecule has 1 aliphatic heterocycles. The van der Waals surface area contributed by atoms with Crippen molar-refractivity contribution in [2.75, 3.05) is 18.0 Å². The van der Waals surface area contributed by atoms with Gasteiger partial charge in [-0.1, -0.05) is 54.6 Å². The van der Waals surface area contributed by atoms with Gasteiger partial charge < -0.3 is 20.3 Å². The Balaban J connectivity index is 1.19. The lowest BCUT2D eigenvalue weighted by Gasteiger charge is -2.42. The van der Waals surface area contributed by atoms with Crippen molar-refractivity contribution in [3.63, 3.8) is 0 Å². The van der Waals surface area contributed by atoms with Crippen LogP contribution in [0.2, 0.25) is 0 Å². The number of nitriles is 1. The molecule has 0 radical (unpaired) electrons. The minimum Gasteiger partial charge on any atom is -0.328 e. The summed E-state index contributed by atoms with van der Waals surface area (Å²) >= 11 is 0. The summed E-state index contributed by atoms with van der Waals surface area (Å²) in [6.07, 6.45) is 0.886. The number of aliphatic hydroxyl groups is 3. The normalized spacial score (nSPS) is 14.5. The molecular formula is C32H29N7O4. The molecule has 11 nitrogen and oxygen atoms in total. The molecule has 4 heterocycles. The summed E-state index contributed by atoms with van der Waals surface area (Å²) in [5, 5.41) is 39.9. The highest BCUT2D eigenvalue weighted by Gasteiger charge is 2.38. The van der Waals surface area contributed by atoms with Crippen LogP contribution in [0.5, 0.6) is 0 Å². The average Bonchev–Trinajstić information content (AvgIpc) is 3.02. The third-order valence-corrected chi connectivity index (χ3v) is 7.70. The monoisotopic (exact) mass is 575 g/mol. The Morgan fingerprint density at radius 2 is 1.72 bits per heavy atom. The number of fused-ring (bicyclic) bond motifs is 1. The van der Waals surface area contributed by atoms with E-state index in [2.05, 4.69) is 32.0 Å². The molecular weight excluding hydrogens is 546 g/mol. The minimum atomic E-state index is -3.13. The van der Waals surface area contributed by atoms with E-state index in [0.717, 1.165) is 32.8 Å². The van der Waals surface area contributed by atoms with Gasteiger partial charge in [-0.15, -0.1) is 0 Å². The van der Waals surface area contributed by atoms with E-state index in [9.17, 15) is 20.1 Å². The van der Waals surface area contributed by atoms with E-state index in [-0.39, 0.29) is 17.2 Å². The lowest BCUT2D eigenvalue weighted by atomic mass is 9.97. The second-order valence-electron chi connectivity index (χ2n) is 10.5. The SMILES string of the molecule is N#Cc1nccc(N(C2CCN(Cc3ccc(-c4nc5cc[nH]c(=O)c5cc4-c4ccccc4)cc3)CC2)C(O)(O)O)n1. The summed E-state index contributed by atoms with van der Waals surface area (Å²) in [6.45, 7) is 1.98. The molecule has 11 heteroatoms. The standard InChI is InChI=1S/C32H29N7O4/c33-19-28-34-15-11-29(37-28)39(32(41,42)43)24-12-16-38(17-13-24)20-21-6-8-23(9-7-21)30-25(22-4-2-1-3-5-22)18-26-27(36-30)10-14-35-31(26)40/h1-11,14-15,18,24,41-43H,12-13,16-17,20H2,(H,35,40). The van der Waals surface area contributed by atoms with Crippen molar-refractivity contribution in [1.29, 1.82) is 5.26 Å². The molecule has 0 atom stereocenters. The van der Waals surface area contributed by atoms with Gasteiger partial charge in [-0.3, -0.25) is 14.6 Å². The molecule has 0 unspecified atom stereocenters. The van der Waals surface area contributed by atoms with Crippen molar-refractivity contribution < 1.29 is 15.3 Å². The van der Waals surface area contributed by atoms with Crippen LogP contribution in [0.4, 0.5) is 5.82 Å². The average molecular weight is 576 g/mol. The van der Waals surface area contributed by atoms with Gasteiger partial charge in [0.15, 0.2) is 0 Å². The smallest absolute Gasteiger partial charge is 0.328 e. The van der Waals surface area contributed by atoms with E-state index in [1.807, 2.05) is 54.6 Å². The molecule has 1 saturated heterocycles. The third kappa shape index (κ3) is 5.99. The number of aromatic nitrogens is 4. The number of piperidine rings is 1. The molecule has 1 fully saturated rings. The predicted molar refractivity (Wildman–Crippen MR) is 160 cm³/mol. The Morgan fingerprint density at radius 3 is 2.42 bits per heavy atom. The van der Waals surface area contributed by atoms with Crippen molar-refractivity contribution >= 4 is 16.7 Å². The maximum absolute atomic E-state index is 12.5. The molecule has 4 N–H and O–H groups in total. The highest BCUT2D eigenvalue weighted by Crippen LogP contribution is 2.33. The number of anilines is 1. The number of likely N-dealkylation sites (tertiary alicyclic amines) is 1. The second kappa shape index (κ2) is 11.7. The van der Waals surface area contributed by atoms with Crippen molar-refractivity contribution in [1.82, 2.24) is 24.8 Å². The molecule has 0 saturated carbocycles. The van der Waals surface area contributed by atoms with Crippen molar-refractivity contribution in [3.8, 4) is 28.5 Å². The number of pyridine rings is 2. The summed E-state index contributed by atoms with van der Waals surface area (Å²) < 4.78 is 0. The zero-order valence-corrected chi connectivity index (χ0v) is 23.1. The van der Waals surface area contributed by atoms with Gasteiger partial charge in [0.2, 0.25) is 5.82 Å². The van der Waals surface area contributed by atoms with Crippen LogP contribution in [0.15, 0.2) is 90.0 Å². The molecule has 216 valence electrons. The number of benzene rings is 2. The predicted octanol–water partition coefficient (Wildman–Crippen LogP) is 2.98. The Labute approximate surface area is 247 Å². The van der Waals surface area contributed by atoms with Gasteiger partial charge in [-0.25, -0.2) is 15.0 Å².